The Morgan fingerprint density at radius 3 is 1.47 bits per heavy atom. The molecule has 1 aliphatic carbocycles. The van der Waals surface area contributed by atoms with Crippen molar-refractivity contribution in [1.82, 2.24) is 0 Å². The molecule has 0 saturated heterocycles. The monoisotopic (exact) mass is 484 g/mol. The molecule has 3 unspecified atom stereocenters. The summed E-state index contributed by atoms with van der Waals surface area (Å²) in [5.74, 6) is 3.56. The van der Waals surface area contributed by atoms with Crippen LogP contribution in [0.5, 0.6) is 0 Å². The second-order valence-electron chi connectivity index (χ2n) is 10.8. The highest BCUT2D eigenvalue weighted by Crippen LogP contribution is 2.47. The summed E-state index contributed by atoms with van der Waals surface area (Å²) in [5, 5.41) is 0. The van der Waals surface area contributed by atoms with E-state index in [1.165, 1.54) is 122 Å². The highest BCUT2D eigenvalue weighted by Gasteiger charge is 2.37. The molecule has 34 heavy (non-hydrogen) atoms. The molecule has 0 aromatic carbocycles. The first kappa shape index (κ1) is 31.9. The quantitative estimate of drug-likeness (QED) is 0.0776. The first-order valence-corrected chi connectivity index (χ1v) is 15.1. The largest absolute Gasteiger partial charge is 0.240 e. The Hall–Kier alpha value is -0.160. The van der Waals surface area contributed by atoms with E-state index < -0.39 is 0 Å². The molecule has 0 aliphatic heterocycles. The van der Waals surface area contributed by atoms with Gasteiger partial charge < -0.3 is 0 Å². The summed E-state index contributed by atoms with van der Waals surface area (Å²) >= 11 is 0. The SMILES string of the molecule is CCCCCCC1CC[C@@H](CCCCCCCCOOC)C(CCOOC)C1CCCCCC. The van der Waals surface area contributed by atoms with E-state index >= 15 is 0 Å². The molecular formula is C30H60O4. The predicted molar refractivity (Wildman–Crippen MR) is 144 cm³/mol. The fourth-order valence-corrected chi connectivity index (χ4v) is 6.44. The predicted octanol–water partition coefficient (Wildman–Crippen LogP) is 9.46. The molecule has 0 aromatic rings. The van der Waals surface area contributed by atoms with Crippen LogP contribution in [-0.4, -0.2) is 27.4 Å². The topological polar surface area (TPSA) is 36.9 Å². The average Bonchev–Trinajstić information content (AvgIpc) is 2.85. The first-order chi connectivity index (χ1) is 16.8. The minimum Gasteiger partial charge on any atom is -0.240 e. The molecule has 204 valence electrons. The third kappa shape index (κ3) is 15.1. The van der Waals surface area contributed by atoms with E-state index in [2.05, 4.69) is 18.7 Å². The molecule has 0 spiro atoms. The van der Waals surface area contributed by atoms with Gasteiger partial charge in [-0.2, -0.15) is 0 Å². The highest BCUT2D eigenvalue weighted by molar-refractivity contribution is 4.87. The van der Waals surface area contributed by atoms with E-state index in [1.54, 1.807) is 14.2 Å². The Bertz CT molecular complexity index is 417. The van der Waals surface area contributed by atoms with Gasteiger partial charge in [0.2, 0.25) is 0 Å². The minimum absolute atomic E-state index is 0.725. The van der Waals surface area contributed by atoms with Crippen LogP contribution in [0.2, 0.25) is 0 Å². The summed E-state index contributed by atoms with van der Waals surface area (Å²) in [5.41, 5.74) is 0. The van der Waals surface area contributed by atoms with Crippen LogP contribution in [0.1, 0.15) is 142 Å². The Balaban J connectivity index is 2.58. The van der Waals surface area contributed by atoms with Crippen molar-refractivity contribution in [3.8, 4) is 0 Å². The molecular weight excluding hydrogens is 424 g/mol. The molecule has 0 radical (unpaired) electrons. The molecule has 0 amide bonds. The normalized spacial score (nSPS) is 22.9. The zero-order chi connectivity index (χ0) is 24.7. The fraction of sp³-hybridized carbons (Fsp3) is 1.00. The maximum Gasteiger partial charge on any atom is 0.0825 e. The molecule has 0 aromatic heterocycles. The van der Waals surface area contributed by atoms with E-state index in [9.17, 15) is 0 Å². The van der Waals surface area contributed by atoms with E-state index in [-0.39, 0.29) is 0 Å². The summed E-state index contributed by atoms with van der Waals surface area (Å²) < 4.78 is 0. The fourth-order valence-electron chi connectivity index (χ4n) is 6.44. The van der Waals surface area contributed by atoms with Gasteiger partial charge >= 0.3 is 0 Å². The lowest BCUT2D eigenvalue weighted by molar-refractivity contribution is -0.275. The average molecular weight is 485 g/mol. The van der Waals surface area contributed by atoms with Crippen molar-refractivity contribution < 1.29 is 19.6 Å². The Morgan fingerprint density at radius 1 is 0.471 bits per heavy atom. The van der Waals surface area contributed by atoms with Crippen molar-refractivity contribution in [2.45, 2.75) is 142 Å². The van der Waals surface area contributed by atoms with Crippen molar-refractivity contribution in [3.05, 3.63) is 0 Å². The molecule has 1 fully saturated rings. The molecule has 1 rings (SSSR count). The van der Waals surface area contributed by atoms with E-state index in [0.717, 1.165) is 43.3 Å². The van der Waals surface area contributed by atoms with Crippen LogP contribution in [0.4, 0.5) is 0 Å². The van der Waals surface area contributed by atoms with Crippen LogP contribution in [-0.2, 0) is 19.6 Å². The molecule has 1 saturated carbocycles. The van der Waals surface area contributed by atoms with Gasteiger partial charge in [-0.25, -0.2) is 19.6 Å². The van der Waals surface area contributed by atoms with Gasteiger partial charge in [0.25, 0.3) is 0 Å². The second kappa shape index (κ2) is 23.3. The van der Waals surface area contributed by atoms with Crippen molar-refractivity contribution in [2.75, 3.05) is 27.4 Å². The standard InChI is InChI=1S/C30H60O4/c1-5-7-9-15-19-27-22-23-28(20-16-13-11-12-14-18-25-33-31-3)30(24-26-34-32-4)29(27)21-17-10-8-6-2/h27-30H,5-26H2,1-4H3/t27?,28-,29?,30?/m1/s1. The molecule has 4 nitrogen and oxygen atoms in total. The van der Waals surface area contributed by atoms with Gasteiger partial charge in [0, 0.05) is 0 Å². The Kier molecular flexibility index (Phi) is 21.8. The maximum atomic E-state index is 5.40. The van der Waals surface area contributed by atoms with Crippen molar-refractivity contribution in [3.63, 3.8) is 0 Å². The molecule has 1 aliphatic rings. The lowest BCUT2D eigenvalue weighted by atomic mass is 9.61. The summed E-state index contributed by atoms with van der Waals surface area (Å²) in [6, 6.07) is 0. The van der Waals surface area contributed by atoms with Crippen molar-refractivity contribution in [1.29, 1.82) is 0 Å². The van der Waals surface area contributed by atoms with Crippen molar-refractivity contribution in [2.24, 2.45) is 23.7 Å². The Labute approximate surface area is 213 Å². The van der Waals surface area contributed by atoms with E-state index in [1.807, 2.05) is 0 Å². The van der Waals surface area contributed by atoms with Crippen LogP contribution < -0.4 is 0 Å². The molecule has 0 heterocycles. The van der Waals surface area contributed by atoms with Gasteiger partial charge in [0.15, 0.2) is 0 Å². The van der Waals surface area contributed by atoms with Gasteiger partial charge in [0.1, 0.15) is 0 Å². The van der Waals surface area contributed by atoms with Gasteiger partial charge in [0.05, 0.1) is 27.4 Å². The third-order valence-corrected chi connectivity index (χ3v) is 8.31. The number of hydrogen-bond donors (Lipinski definition) is 0. The highest BCUT2D eigenvalue weighted by atomic mass is 17.2. The smallest absolute Gasteiger partial charge is 0.0825 e. The van der Waals surface area contributed by atoms with E-state index in [0.29, 0.717) is 0 Å². The number of rotatable bonds is 24. The van der Waals surface area contributed by atoms with Crippen LogP contribution >= 0.6 is 0 Å². The van der Waals surface area contributed by atoms with Gasteiger partial charge in [-0.1, -0.05) is 110 Å². The van der Waals surface area contributed by atoms with Crippen LogP contribution in [0.25, 0.3) is 0 Å². The molecule has 0 bridgehead atoms. The lowest BCUT2D eigenvalue weighted by Gasteiger charge is -2.44. The third-order valence-electron chi connectivity index (χ3n) is 8.31. The summed E-state index contributed by atoms with van der Waals surface area (Å²) in [6.07, 6.45) is 27.4. The van der Waals surface area contributed by atoms with Gasteiger partial charge in [-0.3, -0.25) is 0 Å². The first-order valence-electron chi connectivity index (χ1n) is 15.1. The molecule has 4 atom stereocenters. The van der Waals surface area contributed by atoms with Crippen LogP contribution in [0.15, 0.2) is 0 Å². The molecule has 0 N–H and O–H groups in total. The minimum atomic E-state index is 0.725. The van der Waals surface area contributed by atoms with Gasteiger partial charge in [-0.05, 0) is 55.8 Å². The maximum absolute atomic E-state index is 5.40. The summed E-state index contributed by atoms with van der Waals surface area (Å²) in [7, 11) is 3.24. The molecule has 4 heteroatoms. The van der Waals surface area contributed by atoms with Crippen molar-refractivity contribution >= 4 is 0 Å². The lowest BCUT2D eigenvalue weighted by Crippen LogP contribution is -2.36. The summed E-state index contributed by atoms with van der Waals surface area (Å²) in [4.78, 5) is 20.0. The summed E-state index contributed by atoms with van der Waals surface area (Å²) in [6.45, 7) is 6.13. The zero-order valence-electron chi connectivity index (χ0n) is 23.5. The van der Waals surface area contributed by atoms with E-state index in [4.69, 9.17) is 14.7 Å². The second-order valence-corrected chi connectivity index (χ2v) is 10.8. The van der Waals surface area contributed by atoms with Crippen LogP contribution in [0.3, 0.4) is 0 Å². The number of hydrogen-bond acceptors (Lipinski definition) is 4. The Morgan fingerprint density at radius 2 is 0.912 bits per heavy atom. The van der Waals surface area contributed by atoms with Gasteiger partial charge in [-0.15, -0.1) is 0 Å². The zero-order valence-corrected chi connectivity index (χ0v) is 23.5. The van der Waals surface area contributed by atoms with Crippen LogP contribution in [0, 0.1) is 23.7 Å². The number of unbranched alkanes of at least 4 members (excludes halogenated alkanes) is 11.